The smallest absolute Gasteiger partial charge is 0.202 e. The molecule has 0 aromatic heterocycles. The van der Waals surface area contributed by atoms with Crippen LogP contribution >= 0.6 is 0 Å². The SMILES string of the molecule is C1=NC2(CCNCC2)Oc2ccccc21. The van der Waals surface area contributed by atoms with Crippen LogP contribution in [0.3, 0.4) is 0 Å². The van der Waals surface area contributed by atoms with E-state index >= 15 is 0 Å². The van der Waals surface area contributed by atoms with Crippen molar-refractivity contribution in [1.82, 2.24) is 5.32 Å². The van der Waals surface area contributed by atoms with Crippen LogP contribution in [-0.4, -0.2) is 25.0 Å². The van der Waals surface area contributed by atoms with Gasteiger partial charge in [-0.3, -0.25) is 0 Å². The minimum atomic E-state index is -0.292. The summed E-state index contributed by atoms with van der Waals surface area (Å²) >= 11 is 0. The fourth-order valence-corrected chi connectivity index (χ4v) is 2.15. The molecular weight excluding hydrogens is 188 g/mol. The maximum atomic E-state index is 6.02. The highest BCUT2D eigenvalue weighted by atomic mass is 16.5. The van der Waals surface area contributed by atoms with E-state index in [9.17, 15) is 0 Å². The Morgan fingerprint density at radius 3 is 2.87 bits per heavy atom. The fourth-order valence-electron chi connectivity index (χ4n) is 2.15. The van der Waals surface area contributed by atoms with Gasteiger partial charge in [-0.15, -0.1) is 0 Å². The van der Waals surface area contributed by atoms with E-state index in [0.29, 0.717) is 0 Å². The lowest BCUT2D eigenvalue weighted by molar-refractivity contribution is 0.0430. The highest BCUT2D eigenvalue weighted by Crippen LogP contribution is 2.32. The van der Waals surface area contributed by atoms with Gasteiger partial charge in [0, 0.05) is 37.7 Å². The van der Waals surface area contributed by atoms with Crippen LogP contribution in [0.4, 0.5) is 0 Å². The zero-order chi connectivity index (χ0) is 10.1. The van der Waals surface area contributed by atoms with Gasteiger partial charge < -0.3 is 10.1 Å². The summed E-state index contributed by atoms with van der Waals surface area (Å²) in [7, 11) is 0. The molecule has 0 aliphatic carbocycles. The first-order valence-corrected chi connectivity index (χ1v) is 5.42. The quantitative estimate of drug-likeness (QED) is 0.693. The summed E-state index contributed by atoms with van der Waals surface area (Å²) in [6.45, 7) is 1.97. The molecule has 0 atom stereocenters. The highest BCUT2D eigenvalue weighted by molar-refractivity contribution is 5.84. The van der Waals surface area contributed by atoms with Gasteiger partial charge in [-0.05, 0) is 12.1 Å². The molecule has 0 amide bonds. The summed E-state index contributed by atoms with van der Waals surface area (Å²) in [5.74, 6) is 0.967. The second-order valence-corrected chi connectivity index (χ2v) is 4.09. The molecule has 2 aliphatic rings. The van der Waals surface area contributed by atoms with Gasteiger partial charge in [0.15, 0.2) is 0 Å². The third-order valence-electron chi connectivity index (χ3n) is 3.04. The monoisotopic (exact) mass is 202 g/mol. The number of aliphatic imine (C=N–C) groups is 1. The first-order chi connectivity index (χ1) is 7.38. The Morgan fingerprint density at radius 2 is 2.00 bits per heavy atom. The molecule has 3 rings (SSSR count). The van der Waals surface area contributed by atoms with Crippen molar-refractivity contribution in [1.29, 1.82) is 0 Å². The molecule has 0 bridgehead atoms. The largest absolute Gasteiger partial charge is 0.465 e. The first kappa shape index (κ1) is 8.92. The Kier molecular flexibility index (Phi) is 1.99. The molecular formula is C12H14N2O. The number of fused-ring (bicyclic) bond motifs is 1. The van der Waals surface area contributed by atoms with Crippen molar-refractivity contribution in [2.45, 2.75) is 18.6 Å². The van der Waals surface area contributed by atoms with Crippen LogP contribution in [0.1, 0.15) is 18.4 Å². The molecule has 1 N–H and O–H groups in total. The van der Waals surface area contributed by atoms with Crippen molar-refractivity contribution >= 4 is 6.21 Å². The Balaban J connectivity index is 1.94. The maximum absolute atomic E-state index is 6.02. The van der Waals surface area contributed by atoms with Crippen molar-refractivity contribution in [3.8, 4) is 5.75 Å². The molecule has 78 valence electrons. The number of piperidine rings is 1. The average molecular weight is 202 g/mol. The molecule has 1 spiro atoms. The lowest BCUT2D eigenvalue weighted by Gasteiger charge is -2.36. The van der Waals surface area contributed by atoms with E-state index in [-0.39, 0.29) is 5.72 Å². The number of nitrogens with zero attached hydrogens (tertiary/aromatic N) is 1. The summed E-state index contributed by atoms with van der Waals surface area (Å²) in [4.78, 5) is 4.57. The summed E-state index contributed by atoms with van der Waals surface area (Å²) in [6, 6.07) is 8.07. The molecule has 1 aromatic carbocycles. The average Bonchev–Trinajstić information content (AvgIpc) is 2.30. The van der Waals surface area contributed by atoms with E-state index in [2.05, 4.69) is 10.3 Å². The van der Waals surface area contributed by atoms with Crippen molar-refractivity contribution in [2.75, 3.05) is 13.1 Å². The van der Waals surface area contributed by atoms with Crippen LogP contribution in [0.15, 0.2) is 29.3 Å². The minimum Gasteiger partial charge on any atom is -0.465 e. The van der Waals surface area contributed by atoms with Crippen molar-refractivity contribution < 1.29 is 4.74 Å². The molecule has 0 saturated carbocycles. The molecule has 1 fully saturated rings. The van der Waals surface area contributed by atoms with Gasteiger partial charge in [-0.2, -0.15) is 0 Å². The molecule has 0 radical (unpaired) electrons. The Morgan fingerprint density at radius 1 is 1.20 bits per heavy atom. The topological polar surface area (TPSA) is 33.6 Å². The second-order valence-electron chi connectivity index (χ2n) is 4.09. The number of hydrogen-bond acceptors (Lipinski definition) is 3. The maximum Gasteiger partial charge on any atom is 0.202 e. The Hall–Kier alpha value is -1.35. The summed E-state index contributed by atoms with van der Waals surface area (Å²) in [5, 5.41) is 3.33. The van der Waals surface area contributed by atoms with Gasteiger partial charge >= 0.3 is 0 Å². The summed E-state index contributed by atoms with van der Waals surface area (Å²) in [5.41, 5.74) is 0.793. The molecule has 2 heterocycles. The van der Waals surface area contributed by atoms with E-state index in [1.165, 1.54) is 0 Å². The Bertz CT molecular complexity index is 394. The normalized spacial score (nSPS) is 22.1. The fraction of sp³-hybridized carbons (Fsp3) is 0.417. The van der Waals surface area contributed by atoms with Gasteiger partial charge in [0.05, 0.1) is 0 Å². The predicted molar refractivity (Wildman–Crippen MR) is 59.5 cm³/mol. The van der Waals surface area contributed by atoms with Gasteiger partial charge in [-0.1, -0.05) is 12.1 Å². The van der Waals surface area contributed by atoms with Gasteiger partial charge in [-0.25, -0.2) is 4.99 Å². The van der Waals surface area contributed by atoms with Gasteiger partial charge in [0.25, 0.3) is 0 Å². The van der Waals surface area contributed by atoms with Crippen LogP contribution in [0.2, 0.25) is 0 Å². The summed E-state index contributed by atoms with van der Waals surface area (Å²) < 4.78 is 6.02. The van der Waals surface area contributed by atoms with Crippen molar-refractivity contribution in [3.63, 3.8) is 0 Å². The number of hydrogen-bond donors (Lipinski definition) is 1. The third kappa shape index (κ3) is 1.53. The van der Waals surface area contributed by atoms with E-state index in [0.717, 1.165) is 37.2 Å². The van der Waals surface area contributed by atoms with Gasteiger partial charge in [0.1, 0.15) is 5.75 Å². The van der Waals surface area contributed by atoms with Crippen LogP contribution in [-0.2, 0) is 0 Å². The number of para-hydroxylation sites is 1. The second kappa shape index (κ2) is 3.35. The molecule has 1 saturated heterocycles. The standard InChI is InChI=1S/C12H14N2O/c1-2-4-11-10(3-1)9-14-12(15-11)5-7-13-8-6-12/h1-4,9,13H,5-8H2. The van der Waals surface area contributed by atoms with E-state index < -0.39 is 0 Å². The highest BCUT2D eigenvalue weighted by Gasteiger charge is 2.35. The lowest BCUT2D eigenvalue weighted by atomic mass is 10.0. The number of rotatable bonds is 0. The van der Waals surface area contributed by atoms with Crippen LogP contribution in [0.5, 0.6) is 5.75 Å². The molecule has 3 nitrogen and oxygen atoms in total. The molecule has 2 aliphatic heterocycles. The van der Waals surface area contributed by atoms with Crippen LogP contribution in [0, 0.1) is 0 Å². The number of benzene rings is 1. The lowest BCUT2D eigenvalue weighted by Crippen LogP contribution is -2.46. The van der Waals surface area contributed by atoms with E-state index in [1.54, 1.807) is 0 Å². The first-order valence-electron chi connectivity index (χ1n) is 5.42. The number of nitrogens with one attached hydrogen (secondary N) is 1. The predicted octanol–water partition coefficient (Wildman–Crippen LogP) is 1.58. The van der Waals surface area contributed by atoms with E-state index in [4.69, 9.17) is 4.74 Å². The van der Waals surface area contributed by atoms with E-state index in [1.807, 2.05) is 30.5 Å². The minimum absolute atomic E-state index is 0.292. The zero-order valence-electron chi connectivity index (χ0n) is 8.57. The molecule has 15 heavy (non-hydrogen) atoms. The van der Waals surface area contributed by atoms with Crippen LogP contribution < -0.4 is 10.1 Å². The van der Waals surface area contributed by atoms with Crippen molar-refractivity contribution in [2.24, 2.45) is 4.99 Å². The molecule has 0 unspecified atom stereocenters. The number of ether oxygens (including phenoxy) is 1. The zero-order valence-corrected chi connectivity index (χ0v) is 8.57. The Labute approximate surface area is 89.2 Å². The van der Waals surface area contributed by atoms with Gasteiger partial charge in [0.2, 0.25) is 5.72 Å². The van der Waals surface area contributed by atoms with Crippen LogP contribution in [0.25, 0.3) is 0 Å². The third-order valence-corrected chi connectivity index (χ3v) is 3.04. The summed E-state index contributed by atoms with van der Waals surface area (Å²) in [6.07, 6.45) is 3.86. The van der Waals surface area contributed by atoms with Crippen molar-refractivity contribution in [3.05, 3.63) is 29.8 Å². The molecule has 1 aromatic rings. The molecule has 3 heteroatoms.